The molecule has 0 aromatic rings. The summed E-state index contributed by atoms with van der Waals surface area (Å²) < 4.78 is 5.21. The van der Waals surface area contributed by atoms with Gasteiger partial charge in [0, 0.05) is 12.6 Å². The van der Waals surface area contributed by atoms with Crippen molar-refractivity contribution in [1.29, 1.82) is 0 Å². The lowest BCUT2D eigenvalue weighted by atomic mass is 9.77. The number of rotatable bonds is 2. The van der Waals surface area contributed by atoms with E-state index in [-0.39, 0.29) is 29.9 Å². The molecule has 3 aliphatic heterocycles. The number of nitrogens with zero attached hydrogens (tertiary/aromatic N) is 1. The van der Waals surface area contributed by atoms with E-state index in [1.807, 2.05) is 32.6 Å². The number of hydrogen-bond acceptors (Lipinski definition) is 6. The van der Waals surface area contributed by atoms with Gasteiger partial charge in [-0.15, -0.1) is 0 Å². The quantitative estimate of drug-likeness (QED) is 0.627. The fourth-order valence-corrected chi connectivity index (χ4v) is 4.56. The van der Waals surface area contributed by atoms with Gasteiger partial charge in [0.05, 0.1) is 11.7 Å². The van der Waals surface area contributed by atoms with Crippen molar-refractivity contribution in [3.05, 3.63) is 0 Å². The smallest absolute Gasteiger partial charge is 0.508 e. The second-order valence-electron chi connectivity index (χ2n) is 8.56. The Kier molecular flexibility index (Phi) is 4.90. The molecule has 3 rings (SSSR count). The normalized spacial score (nSPS) is 36.1. The molecule has 0 saturated carbocycles. The lowest BCUT2D eigenvalue weighted by Gasteiger charge is -2.37. The molecule has 7 nitrogen and oxygen atoms in total. The van der Waals surface area contributed by atoms with Crippen LogP contribution in [0.25, 0.3) is 0 Å². The largest absolute Gasteiger partial charge is 0.524 e. The Morgan fingerprint density at radius 3 is 2.68 bits per heavy atom. The molecule has 3 heterocycles. The number of amides is 1. The zero-order valence-corrected chi connectivity index (χ0v) is 15.7. The van der Waals surface area contributed by atoms with E-state index in [1.54, 1.807) is 0 Å². The molecular weight excluding hydrogens is 321 g/mol. The van der Waals surface area contributed by atoms with Gasteiger partial charge in [-0.25, -0.2) is 0 Å². The third-order valence-electron chi connectivity index (χ3n) is 5.84. The molecule has 0 aromatic heterocycles. The average Bonchev–Trinajstić information content (AvgIpc) is 3.02. The van der Waals surface area contributed by atoms with Crippen molar-refractivity contribution in [3.63, 3.8) is 0 Å². The van der Waals surface area contributed by atoms with Gasteiger partial charge in [-0.3, -0.25) is 20.2 Å². The topological polar surface area (TPSA) is 90.9 Å². The average molecular weight is 351 g/mol. The van der Waals surface area contributed by atoms with Gasteiger partial charge in [0.25, 0.3) is 0 Å². The van der Waals surface area contributed by atoms with Gasteiger partial charge in [-0.05, 0) is 38.9 Å². The Balaban J connectivity index is 1.79. The molecule has 3 N–H and O–H groups in total. The maximum absolute atomic E-state index is 13.0. The Hall–Kier alpha value is -1.12. The molecule has 0 bridgehead atoms. The SMILES string of the molecule is CC(C)C1NC(C)(C)N([C@H]2CN[C@]3(CCCCB(O)OC3=O)C2)C1=O. The molecule has 3 atom stereocenters. The van der Waals surface area contributed by atoms with E-state index in [0.29, 0.717) is 25.7 Å². The Morgan fingerprint density at radius 2 is 2.04 bits per heavy atom. The predicted molar refractivity (Wildman–Crippen MR) is 94.5 cm³/mol. The van der Waals surface area contributed by atoms with E-state index in [1.165, 1.54) is 0 Å². The molecule has 0 radical (unpaired) electrons. The van der Waals surface area contributed by atoms with Crippen LogP contribution < -0.4 is 10.6 Å². The first-order valence-electron chi connectivity index (χ1n) is 9.41. The van der Waals surface area contributed by atoms with Gasteiger partial charge in [-0.1, -0.05) is 26.7 Å². The summed E-state index contributed by atoms with van der Waals surface area (Å²) in [6.07, 6.45) is 3.38. The first-order chi connectivity index (χ1) is 11.7. The summed E-state index contributed by atoms with van der Waals surface area (Å²) in [5.41, 5.74) is -1.24. The zero-order valence-electron chi connectivity index (χ0n) is 15.7. The molecular formula is C17H30BN3O4. The molecule has 0 aliphatic carbocycles. The van der Waals surface area contributed by atoms with Gasteiger partial charge in [0.2, 0.25) is 5.91 Å². The van der Waals surface area contributed by atoms with E-state index in [4.69, 9.17) is 4.65 Å². The monoisotopic (exact) mass is 351 g/mol. The standard InChI is InChI=1S/C17H30BN3O4/c1-11(2)13-14(22)21(16(3,4)20-13)12-9-17(19-10-12)7-5-6-8-18(24)25-15(17)23/h11-13,19-20,24H,5-10H2,1-4H3/t12-,13?,17-/m1/s1. The van der Waals surface area contributed by atoms with E-state index < -0.39 is 18.3 Å². The summed E-state index contributed by atoms with van der Waals surface area (Å²) in [5, 5.41) is 16.5. The van der Waals surface area contributed by atoms with Gasteiger partial charge in [0.15, 0.2) is 0 Å². The van der Waals surface area contributed by atoms with Gasteiger partial charge >= 0.3 is 13.1 Å². The van der Waals surface area contributed by atoms with Gasteiger partial charge in [0.1, 0.15) is 5.54 Å². The fourth-order valence-electron chi connectivity index (χ4n) is 4.56. The van der Waals surface area contributed by atoms with E-state index >= 15 is 0 Å². The molecule has 140 valence electrons. The van der Waals surface area contributed by atoms with Crippen LogP contribution in [-0.4, -0.2) is 58.7 Å². The summed E-state index contributed by atoms with van der Waals surface area (Å²) in [4.78, 5) is 27.5. The van der Waals surface area contributed by atoms with Crippen LogP contribution in [0.2, 0.25) is 6.32 Å². The lowest BCUT2D eigenvalue weighted by Crippen LogP contribution is -2.53. The van der Waals surface area contributed by atoms with Crippen molar-refractivity contribution < 1.29 is 19.3 Å². The van der Waals surface area contributed by atoms with Crippen LogP contribution >= 0.6 is 0 Å². The highest BCUT2D eigenvalue weighted by Gasteiger charge is 2.55. The van der Waals surface area contributed by atoms with Crippen LogP contribution in [0.1, 0.15) is 53.4 Å². The minimum absolute atomic E-state index is 0.0668. The van der Waals surface area contributed by atoms with E-state index in [9.17, 15) is 14.6 Å². The highest BCUT2D eigenvalue weighted by molar-refractivity contribution is 6.45. The molecule has 3 fully saturated rings. The summed E-state index contributed by atoms with van der Waals surface area (Å²) in [7, 11) is -1.03. The van der Waals surface area contributed by atoms with Crippen LogP contribution in [0.15, 0.2) is 0 Å². The van der Waals surface area contributed by atoms with E-state index in [0.717, 1.165) is 12.8 Å². The van der Waals surface area contributed by atoms with E-state index in [2.05, 4.69) is 10.6 Å². The molecule has 0 aromatic carbocycles. The Bertz CT molecular complexity index is 556. The summed E-state index contributed by atoms with van der Waals surface area (Å²) in [6.45, 7) is 8.66. The highest BCUT2D eigenvalue weighted by atomic mass is 16.6. The molecule has 1 unspecified atom stereocenters. The number of hydrogen-bond donors (Lipinski definition) is 3. The third kappa shape index (κ3) is 3.31. The second kappa shape index (κ2) is 6.56. The van der Waals surface area contributed by atoms with Crippen molar-refractivity contribution in [1.82, 2.24) is 15.5 Å². The summed E-state index contributed by atoms with van der Waals surface area (Å²) in [6, 6.07) is -0.263. The van der Waals surface area contributed by atoms with Crippen molar-refractivity contribution >= 4 is 19.0 Å². The number of nitrogens with one attached hydrogen (secondary N) is 2. The number of carbonyl (C=O) groups is 2. The molecule has 3 saturated heterocycles. The maximum Gasteiger partial charge on any atom is 0.524 e. The predicted octanol–water partition coefficient (Wildman–Crippen LogP) is 0.487. The molecule has 1 amide bonds. The first kappa shape index (κ1) is 18.7. The van der Waals surface area contributed by atoms with Crippen molar-refractivity contribution in [2.24, 2.45) is 5.92 Å². The van der Waals surface area contributed by atoms with Crippen LogP contribution in [0.5, 0.6) is 0 Å². The minimum atomic E-state index is -1.03. The maximum atomic E-state index is 13.0. The molecule has 8 heteroatoms. The first-order valence-corrected chi connectivity index (χ1v) is 9.41. The Morgan fingerprint density at radius 1 is 1.32 bits per heavy atom. The Labute approximate surface area is 150 Å². The molecule has 1 spiro atoms. The molecule has 25 heavy (non-hydrogen) atoms. The number of carbonyl (C=O) groups excluding carboxylic acids is 2. The van der Waals surface area contributed by atoms with Crippen molar-refractivity contribution in [3.8, 4) is 0 Å². The summed E-state index contributed by atoms with van der Waals surface area (Å²) >= 11 is 0. The lowest BCUT2D eigenvalue weighted by molar-refractivity contribution is -0.144. The third-order valence-corrected chi connectivity index (χ3v) is 5.84. The second-order valence-corrected chi connectivity index (χ2v) is 8.56. The summed E-state index contributed by atoms with van der Waals surface area (Å²) in [5.74, 6) is -0.0790. The van der Waals surface area contributed by atoms with Crippen LogP contribution in [-0.2, 0) is 14.2 Å². The van der Waals surface area contributed by atoms with Crippen molar-refractivity contribution in [2.45, 2.75) is 83.0 Å². The van der Waals surface area contributed by atoms with Gasteiger partial charge < -0.3 is 14.6 Å². The van der Waals surface area contributed by atoms with Crippen LogP contribution in [0.3, 0.4) is 0 Å². The minimum Gasteiger partial charge on any atom is -0.508 e. The zero-order chi connectivity index (χ0) is 18.4. The highest BCUT2D eigenvalue weighted by Crippen LogP contribution is 2.36. The van der Waals surface area contributed by atoms with Crippen molar-refractivity contribution in [2.75, 3.05) is 6.54 Å². The van der Waals surface area contributed by atoms with Crippen LogP contribution in [0, 0.1) is 5.92 Å². The fraction of sp³-hybridized carbons (Fsp3) is 0.882. The molecule has 3 aliphatic rings. The van der Waals surface area contributed by atoms with Crippen LogP contribution in [0.4, 0.5) is 0 Å². The van der Waals surface area contributed by atoms with Gasteiger partial charge in [-0.2, -0.15) is 0 Å².